The lowest BCUT2D eigenvalue weighted by atomic mass is 9.78. The number of aromatic nitrogens is 1. The highest BCUT2D eigenvalue weighted by Crippen LogP contribution is 2.45. The van der Waals surface area contributed by atoms with Gasteiger partial charge in [0.15, 0.2) is 0 Å². The molecule has 29 heavy (non-hydrogen) atoms. The summed E-state index contributed by atoms with van der Waals surface area (Å²) in [6.07, 6.45) is 3.15. The van der Waals surface area contributed by atoms with E-state index in [-0.39, 0.29) is 5.82 Å². The molecule has 1 amide bonds. The molecule has 0 unspecified atom stereocenters. The predicted octanol–water partition coefficient (Wildman–Crippen LogP) is 5.65. The van der Waals surface area contributed by atoms with Gasteiger partial charge in [0, 0.05) is 18.4 Å². The van der Waals surface area contributed by atoms with E-state index in [4.69, 9.17) is 0 Å². The lowest BCUT2D eigenvalue weighted by Crippen LogP contribution is -2.31. The molecule has 1 aromatic heterocycles. The number of alkyl halides is 2. The molecule has 3 nitrogen and oxygen atoms in total. The molecule has 1 fully saturated rings. The SMILES string of the molecule is CC(F)(F)C(N)=O.Fc1ccc(-c2[nH]c3c(F)cc(F)cc3c2C2CCC2)cc1. The number of carbonyl (C=O) groups excluding carboxylic acids is 1. The van der Waals surface area contributed by atoms with Gasteiger partial charge in [-0.05, 0) is 60.2 Å². The number of rotatable bonds is 3. The fourth-order valence-electron chi connectivity index (χ4n) is 3.21. The molecule has 154 valence electrons. The molecule has 1 saturated carbocycles. The molecule has 4 rings (SSSR count). The highest BCUT2D eigenvalue weighted by atomic mass is 19.3. The Morgan fingerprint density at radius 2 is 1.66 bits per heavy atom. The number of nitrogens with two attached hydrogens (primary N) is 1. The van der Waals surface area contributed by atoms with Gasteiger partial charge in [0.1, 0.15) is 17.5 Å². The van der Waals surface area contributed by atoms with Crippen molar-refractivity contribution in [3.8, 4) is 11.3 Å². The monoisotopic (exact) mass is 410 g/mol. The van der Waals surface area contributed by atoms with E-state index in [2.05, 4.69) is 10.7 Å². The van der Waals surface area contributed by atoms with Crippen molar-refractivity contribution in [2.75, 3.05) is 0 Å². The van der Waals surface area contributed by atoms with Crippen molar-refractivity contribution >= 4 is 16.8 Å². The van der Waals surface area contributed by atoms with Crippen LogP contribution in [0.25, 0.3) is 22.2 Å². The average molecular weight is 410 g/mol. The van der Waals surface area contributed by atoms with Crippen LogP contribution in [0.2, 0.25) is 0 Å². The van der Waals surface area contributed by atoms with Gasteiger partial charge in [-0.25, -0.2) is 13.2 Å². The van der Waals surface area contributed by atoms with Gasteiger partial charge in [-0.3, -0.25) is 4.79 Å². The summed E-state index contributed by atoms with van der Waals surface area (Å²) in [5.74, 6) is -6.14. The second-order valence-electron chi connectivity index (χ2n) is 7.11. The molecule has 0 atom stereocenters. The molecular formula is C21H19F5N2O. The third kappa shape index (κ3) is 4.41. The molecule has 0 radical (unpaired) electrons. The summed E-state index contributed by atoms with van der Waals surface area (Å²) in [5.41, 5.74) is 7.01. The maximum atomic E-state index is 14.1. The second kappa shape index (κ2) is 7.85. The third-order valence-electron chi connectivity index (χ3n) is 4.94. The summed E-state index contributed by atoms with van der Waals surface area (Å²) in [5, 5.41) is 0.599. The van der Waals surface area contributed by atoms with Gasteiger partial charge < -0.3 is 10.7 Å². The second-order valence-corrected chi connectivity index (χ2v) is 7.11. The van der Waals surface area contributed by atoms with E-state index in [0.29, 0.717) is 23.7 Å². The number of nitrogens with one attached hydrogen (secondary N) is 1. The van der Waals surface area contributed by atoms with Crippen LogP contribution in [0, 0.1) is 17.5 Å². The maximum Gasteiger partial charge on any atom is 0.321 e. The zero-order chi connectivity index (χ0) is 21.3. The standard InChI is InChI=1S/C18H14F3N.C3H5F2NO/c19-12-6-4-11(5-7-12)17-16(10-2-1-3-10)14-8-13(20)9-15(21)18(14)22-17;1-3(4,5)2(6)7/h4-10,22H,1-3H2;1H3,(H2,6,7). The molecular weight excluding hydrogens is 391 g/mol. The normalized spacial score (nSPS) is 14.3. The third-order valence-corrected chi connectivity index (χ3v) is 4.94. The predicted molar refractivity (Wildman–Crippen MR) is 100 cm³/mol. The van der Waals surface area contributed by atoms with E-state index >= 15 is 0 Å². The topological polar surface area (TPSA) is 58.9 Å². The van der Waals surface area contributed by atoms with E-state index in [1.807, 2.05) is 0 Å². The Hall–Kier alpha value is -2.90. The summed E-state index contributed by atoms with van der Waals surface area (Å²) < 4.78 is 63.6. The summed E-state index contributed by atoms with van der Waals surface area (Å²) in [7, 11) is 0. The van der Waals surface area contributed by atoms with Crippen molar-refractivity contribution < 1.29 is 26.7 Å². The molecule has 8 heteroatoms. The number of hydrogen-bond acceptors (Lipinski definition) is 1. The van der Waals surface area contributed by atoms with Crippen LogP contribution in [-0.2, 0) is 4.79 Å². The lowest BCUT2D eigenvalue weighted by Gasteiger charge is -2.26. The van der Waals surface area contributed by atoms with Crippen LogP contribution in [0.1, 0.15) is 37.7 Å². The number of primary amides is 1. The van der Waals surface area contributed by atoms with Gasteiger partial charge in [0.2, 0.25) is 0 Å². The van der Waals surface area contributed by atoms with Crippen molar-refractivity contribution in [1.29, 1.82) is 0 Å². The molecule has 0 bridgehead atoms. The molecule has 1 aliphatic carbocycles. The minimum atomic E-state index is -3.36. The van der Waals surface area contributed by atoms with E-state index in [0.717, 1.165) is 42.1 Å². The van der Waals surface area contributed by atoms with Gasteiger partial charge in [0.05, 0.1) is 11.2 Å². The Morgan fingerprint density at radius 1 is 1.07 bits per heavy atom. The number of hydrogen-bond donors (Lipinski definition) is 2. The van der Waals surface area contributed by atoms with Crippen molar-refractivity contribution in [3.05, 3.63) is 59.4 Å². The lowest BCUT2D eigenvalue weighted by molar-refractivity contribution is -0.139. The number of amides is 1. The largest absolute Gasteiger partial charge is 0.364 e. The Balaban J connectivity index is 0.000000298. The zero-order valence-electron chi connectivity index (χ0n) is 15.5. The summed E-state index contributed by atoms with van der Waals surface area (Å²) in [4.78, 5) is 12.6. The molecule has 0 saturated heterocycles. The van der Waals surface area contributed by atoms with Crippen molar-refractivity contribution in [2.45, 2.75) is 38.0 Å². The number of carbonyl (C=O) groups is 1. The Labute approximate surface area is 163 Å². The van der Waals surface area contributed by atoms with Crippen LogP contribution in [0.5, 0.6) is 0 Å². The minimum absolute atomic E-state index is 0.301. The maximum absolute atomic E-state index is 14.1. The van der Waals surface area contributed by atoms with Crippen molar-refractivity contribution in [3.63, 3.8) is 0 Å². The van der Waals surface area contributed by atoms with E-state index in [1.165, 1.54) is 18.2 Å². The summed E-state index contributed by atoms with van der Waals surface area (Å²) in [6.45, 7) is 0.454. The number of aromatic amines is 1. The smallest absolute Gasteiger partial charge is 0.321 e. The first-order valence-electron chi connectivity index (χ1n) is 9.02. The highest BCUT2D eigenvalue weighted by molar-refractivity contribution is 5.92. The fourth-order valence-corrected chi connectivity index (χ4v) is 3.21. The molecule has 1 heterocycles. The first-order chi connectivity index (χ1) is 13.6. The van der Waals surface area contributed by atoms with E-state index < -0.39 is 23.5 Å². The Morgan fingerprint density at radius 3 is 2.14 bits per heavy atom. The first kappa shape index (κ1) is 20.8. The zero-order valence-corrected chi connectivity index (χ0v) is 15.5. The van der Waals surface area contributed by atoms with Crippen molar-refractivity contribution in [1.82, 2.24) is 4.98 Å². The molecule has 3 aromatic rings. The number of halogens is 5. The molecule has 3 N–H and O–H groups in total. The van der Waals surface area contributed by atoms with E-state index in [1.54, 1.807) is 12.1 Å². The summed E-state index contributed by atoms with van der Waals surface area (Å²) >= 11 is 0. The molecule has 1 aliphatic rings. The van der Waals surface area contributed by atoms with Crippen molar-refractivity contribution in [2.24, 2.45) is 5.73 Å². The van der Waals surface area contributed by atoms with Gasteiger partial charge in [-0.2, -0.15) is 8.78 Å². The van der Waals surface area contributed by atoms with Gasteiger partial charge in [-0.1, -0.05) is 6.42 Å². The molecule has 0 aliphatic heterocycles. The molecule has 0 spiro atoms. The van der Waals surface area contributed by atoms with Crippen LogP contribution in [0.15, 0.2) is 36.4 Å². The first-order valence-corrected chi connectivity index (χ1v) is 9.02. The minimum Gasteiger partial charge on any atom is -0.364 e. The quantitative estimate of drug-likeness (QED) is 0.539. The summed E-state index contributed by atoms with van der Waals surface area (Å²) in [6, 6.07) is 8.35. The van der Waals surface area contributed by atoms with Gasteiger partial charge >= 0.3 is 5.92 Å². The Kier molecular flexibility index (Phi) is 5.64. The number of fused-ring (bicyclic) bond motifs is 1. The van der Waals surface area contributed by atoms with E-state index in [9.17, 15) is 26.7 Å². The average Bonchev–Trinajstić information content (AvgIpc) is 2.93. The van der Waals surface area contributed by atoms with Crippen LogP contribution < -0.4 is 5.73 Å². The Bertz CT molecular complexity index is 1030. The highest BCUT2D eigenvalue weighted by Gasteiger charge is 2.29. The van der Waals surface area contributed by atoms with Crippen LogP contribution in [0.3, 0.4) is 0 Å². The van der Waals surface area contributed by atoms with Gasteiger partial charge in [-0.15, -0.1) is 0 Å². The van der Waals surface area contributed by atoms with Crippen LogP contribution in [0.4, 0.5) is 22.0 Å². The van der Waals surface area contributed by atoms with Gasteiger partial charge in [0.25, 0.3) is 5.91 Å². The number of H-pyrrole nitrogens is 1. The van der Waals surface area contributed by atoms with Crippen LogP contribution >= 0.6 is 0 Å². The van der Waals surface area contributed by atoms with Crippen LogP contribution in [-0.4, -0.2) is 16.8 Å². The molecule has 2 aromatic carbocycles. The number of benzene rings is 2. The fraction of sp³-hybridized carbons (Fsp3) is 0.286.